The van der Waals surface area contributed by atoms with E-state index in [-0.39, 0.29) is 6.42 Å². The molecule has 0 radical (unpaired) electrons. The minimum absolute atomic E-state index is 0.181. The first-order valence-electron chi connectivity index (χ1n) is 7.31. The number of aromatic nitrogens is 1. The summed E-state index contributed by atoms with van der Waals surface area (Å²) in [6, 6.07) is 6.46. The fourth-order valence-corrected chi connectivity index (χ4v) is 2.96. The van der Waals surface area contributed by atoms with Crippen molar-refractivity contribution in [2.45, 2.75) is 32.1 Å². The van der Waals surface area contributed by atoms with Gasteiger partial charge in [-0.3, -0.25) is 4.79 Å². The van der Waals surface area contributed by atoms with E-state index in [0.717, 1.165) is 29.6 Å². The molecule has 4 nitrogen and oxygen atoms in total. The summed E-state index contributed by atoms with van der Waals surface area (Å²) < 4.78 is 0. The van der Waals surface area contributed by atoms with E-state index >= 15 is 0 Å². The average molecular weight is 272 g/mol. The fourth-order valence-electron chi connectivity index (χ4n) is 2.96. The average Bonchev–Trinajstić information content (AvgIpc) is 2.88. The van der Waals surface area contributed by atoms with Crippen LogP contribution in [0.25, 0.3) is 10.9 Å². The smallest absolute Gasteiger partial charge is 0.303 e. The topological polar surface area (TPSA) is 56.3 Å². The first-order valence-corrected chi connectivity index (χ1v) is 7.31. The summed E-state index contributed by atoms with van der Waals surface area (Å²) in [5, 5.41) is 9.99. The number of hydrogen-bond donors (Lipinski definition) is 2. The van der Waals surface area contributed by atoms with E-state index in [1.165, 1.54) is 24.9 Å². The van der Waals surface area contributed by atoms with Crippen LogP contribution < -0.4 is 4.90 Å². The number of rotatable bonds is 4. The van der Waals surface area contributed by atoms with Crippen LogP contribution in [0, 0.1) is 0 Å². The molecule has 0 bridgehead atoms. The molecule has 1 fully saturated rings. The van der Waals surface area contributed by atoms with Gasteiger partial charge in [0.25, 0.3) is 0 Å². The first-order chi connectivity index (χ1) is 9.74. The van der Waals surface area contributed by atoms with Crippen LogP contribution >= 0.6 is 0 Å². The summed E-state index contributed by atoms with van der Waals surface area (Å²) in [4.78, 5) is 16.4. The van der Waals surface area contributed by atoms with Crippen molar-refractivity contribution in [3.63, 3.8) is 0 Å². The van der Waals surface area contributed by atoms with Crippen molar-refractivity contribution in [1.29, 1.82) is 0 Å². The Morgan fingerprint density at radius 1 is 1.25 bits per heavy atom. The summed E-state index contributed by atoms with van der Waals surface area (Å²) in [6.07, 6.45) is 6.55. The number of nitrogens with zero attached hydrogens (tertiary/aromatic N) is 1. The first kappa shape index (κ1) is 13.0. The van der Waals surface area contributed by atoms with Crippen molar-refractivity contribution in [2.75, 3.05) is 18.0 Å². The summed E-state index contributed by atoms with van der Waals surface area (Å²) in [5.41, 5.74) is 3.45. The van der Waals surface area contributed by atoms with Gasteiger partial charge in [-0.2, -0.15) is 0 Å². The van der Waals surface area contributed by atoms with Crippen molar-refractivity contribution < 1.29 is 9.90 Å². The van der Waals surface area contributed by atoms with Crippen LogP contribution in [-0.4, -0.2) is 29.1 Å². The zero-order valence-electron chi connectivity index (χ0n) is 11.6. The highest BCUT2D eigenvalue weighted by Gasteiger charge is 2.13. The van der Waals surface area contributed by atoms with E-state index in [1.54, 1.807) is 0 Å². The molecule has 1 aliphatic rings. The maximum absolute atomic E-state index is 10.7. The number of carbonyl (C=O) groups is 1. The molecular formula is C16H20N2O2. The normalized spacial score (nSPS) is 15.7. The van der Waals surface area contributed by atoms with Gasteiger partial charge in [0.1, 0.15) is 0 Å². The number of benzene rings is 1. The number of nitrogens with one attached hydrogen (secondary N) is 1. The van der Waals surface area contributed by atoms with E-state index in [2.05, 4.69) is 28.1 Å². The predicted octanol–water partition coefficient (Wildman–Crippen LogP) is 3.18. The summed E-state index contributed by atoms with van der Waals surface area (Å²) >= 11 is 0. The third-order valence-corrected chi connectivity index (χ3v) is 4.08. The number of fused-ring (bicyclic) bond motifs is 1. The van der Waals surface area contributed by atoms with Crippen molar-refractivity contribution >= 4 is 22.6 Å². The van der Waals surface area contributed by atoms with Crippen LogP contribution in [0.1, 0.15) is 31.2 Å². The number of H-pyrrole nitrogens is 1. The maximum atomic E-state index is 10.7. The molecule has 2 N–H and O–H groups in total. The van der Waals surface area contributed by atoms with E-state index in [0.29, 0.717) is 6.42 Å². The number of anilines is 1. The molecule has 1 saturated heterocycles. The summed E-state index contributed by atoms with van der Waals surface area (Å²) in [7, 11) is 0. The van der Waals surface area contributed by atoms with Gasteiger partial charge in [-0.15, -0.1) is 0 Å². The van der Waals surface area contributed by atoms with Crippen LogP contribution in [0.3, 0.4) is 0 Å². The molecule has 2 aromatic rings. The SMILES string of the molecule is O=C(O)CCc1c[nH]c2ccc(N3CCCCC3)cc12. The third-order valence-electron chi connectivity index (χ3n) is 4.08. The van der Waals surface area contributed by atoms with Gasteiger partial charge in [-0.25, -0.2) is 0 Å². The Balaban J connectivity index is 1.88. The van der Waals surface area contributed by atoms with Gasteiger partial charge in [-0.05, 0) is 49.4 Å². The van der Waals surface area contributed by atoms with Crippen molar-refractivity contribution in [3.05, 3.63) is 30.0 Å². The zero-order chi connectivity index (χ0) is 13.9. The van der Waals surface area contributed by atoms with Gasteiger partial charge in [0.2, 0.25) is 0 Å². The molecule has 3 rings (SSSR count). The van der Waals surface area contributed by atoms with Crippen LogP contribution in [-0.2, 0) is 11.2 Å². The highest BCUT2D eigenvalue weighted by atomic mass is 16.4. The lowest BCUT2D eigenvalue weighted by atomic mass is 10.1. The van der Waals surface area contributed by atoms with Crippen LogP contribution in [0.4, 0.5) is 5.69 Å². The lowest BCUT2D eigenvalue weighted by Gasteiger charge is -2.28. The van der Waals surface area contributed by atoms with E-state index in [4.69, 9.17) is 5.11 Å². The Labute approximate surface area is 118 Å². The van der Waals surface area contributed by atoms with Crippen LogP contribution in [0.2, 0.25) is 0 Å². The largest absolute Gasteiger partial charge is 0.481 e. The molecule has 0 unspecified atom stereocenters. The van der Waals surface area contributed by atoms with Gasteiger partial charge in [-0.1, -0.05) is 0 Å². The molecule has 106 valence electrons. The fraction of sp³-hybridized carbons (Fsp3) is 0.438. The van der Waals surface area contributed by atoms with Gasteiger partial charge >= 0.3 is 5.97 Å². The Kier molecular flexibility index (Phi) is 3.63. The van der Waals surface area contributed by atoms with Crippen molar-refractivity contribution in [1.82, 2.24) is 4.98 Å². The number of carboxylic acid groups (broad SMARTS) is 1. The van der Waals surface area contributed by atoms with Crippen molar-refractivity contribution in [3.8, 4) is 0 Å². The molecule has 2 heterocycles. The number of hydrogen-bond acceptors (Lipinski definition) is 2. The lowest BCUT2D eigenvalue weighted by Crippen LogP contribution is -2.29. The summed E-state index contributed by atoms with van der Waals surface area (Å²) in [5.74, 6) is -0.744. The quantitative estimate of drug-likeness (QED) is 0.898. The standard InChI is InChI=1S/C16H20N2O2/c19-16(20)7-4-12-11-17-15-6-5-13(10-14(12)15)18-8-2-1-3-9-18/h5-6,10-11,17H,1-4,7-9H2,(H,19,20). The Morgan fingerprint density at radius 2 is 2.05 bits per heavy atom. The molecule has 1 aliphatic heterocycles. The second-order valence-electron chi connectivity index (χ2n) is 5.49. The van der Waals surface area contributed by atoms with Crippen LogP contribution in [0.15, 0.2) is 24.4 Å². The van der Waals surface area contributed by atoms with Gasteiger partial charge in [0, 0.05) is 42.3 Å². The van der Waals surface area contributed by atoms with Gasteiger partial charge < -0.3 is 15.0 Å². The molecule has 0 aliphatic carbocycles. The Bertz CT molecular complexity index is 612. The monoisotopic (exact) mass is 272 g/mol. The Hall–Kier alpha value is -1.97. The molecule has 0 spiro atoms. The van der Waals surface area contributed by atoms with Gasteiger partial charge in [0.15, 0.2) is 0 Å². The third kappa shape index (κ3) is 2.64. The highest BCUT2D eigenvalue weighted by Crippen LogP contribution is 2.27. The number of aryl methyl sites for hydroxylation is 1. The molecular weight excluding hydrogens is 252 g/mol. The molecule has 0 saturated carbocycles. The number of aromatic amines is 1. The van der Waals surface area contributed by atoms with Crippen molar-refractivity contribution in [2.24, 2.45) is 0 Å². The lowest BCUT2D eigenvalue weighted by molar-refractivity contribution is -0.136. The molecule has 0 atom stereocenters. The minimum Gasteiger partial charge on any atom is -0.481 e. The predicted molar refractivity (Wildman–Crippen MR) is 80.3 cm³/mol. The number of piperidine rings is 1. The van der Waals surface area contributed by atoms with E-state index < -0.39 is 5.97 Å². The second kappa shape index (κ2) is 5.57. The highest BCUT2D eigenvalue weighted by molar-refractivity contribution is 5.87. The number of aliphatic carboxylic acids is 1. The van der Waals surface area contributed by atoms with E-state index in [1.807, 2.05) is 6.20 Å². The van der Waals surface area contributed by atoms with E-state index in [9.17, 15) is 4.79 Å². The Morgan fingerprint density at radius 3 is 2.80 bits per heavy atom. The van der Waals surface area contributed by atoms with Crippen LogP contribution in [0.5, 0.6) is 0 Å². The minimum atomic E-state index is -0.744. The van der Waals surface area contributed by atoms with Gasteiger partial charge in [0.05, 0.1) is 0 Å². The number of carboxylic acids is 1. The molecule has 0 amide bonds. The summed E-state index contributed by atoms with van der Waals surface area (Å²) in [6.45, 7) is 2.25. The molecule has 1 aromatic carbocycles. The second-order valence-corrected chi connectivity index (χ2v) is 5.49. The zero-order valence-corrected chi connectivity index (χ0v) is 11.6. The maximum Gasteiger partial charge on any atom is 0.303 e. The molecule has 20 heavy (non-hydrogen) atoms. The molecule has 1 aromatic heterocycles. The molecule has 4 heteroatoms.